The fourth-order valence-electron chi connectivity index (χ4n) is 7.62. The summed E-state index contributed by atoms with van der Waals surface area (Å²) in [6, 6.07) is 62.4. The van der Waals surface area contributed by atoms with Gasteiger partial charge in [-0.25, -0.2) is 9.97 Å². The molecule has 0 atom stereocenters. The van der Waals surface area contributed by atoms with E-state index < -0.39 is 0 Å². The standard InChI is InChI=1S/C49H31N3/c1-2-9-32(10-3-1)38-13-7-14-39(29-38)49-51-45(30-46(52-49)43-17-5-4-16-41(43)40-15-8-28-50-31-40)34-20-18-33(19-21-34)42-26-24-37-23-22-35-11-6-12-36-25-27-44(42)48(37)47(35)36/h1-31H. The van der Waals surface area contributed by atoms with E-state index in [2.05, 4.69) is 169 Å². The first-order valence-electron chi connectivity index (χ1n) is 17.6. The van der Waals surface area contributed by atoms with Gasteiger partial charge in [-0.15, -0.1) is 0 Å². The minimum absolute atomic E-state index is 0.683. The van der Waals surface area contributed by atoms with Gasteiger partial charge in [-0.2, -0.15) is 0 Å². The summed E-state index contributed by atoms with van der Waals surface area (Å²) in [6.07, 6.45) is 3.71. The molecule has 10 rings (SSSR count). The number of rotatable bonds is 6. The average molecular weight is 662 g/mol. The zero-order chi connectivity index (χ0) is 34.4. The van der Waals surface area contributed by atoms with Crippen molar-refractivity contribution in [3.8, 4) is 67.3 Å². The number of hydrogen-bond donors (Lipinski definition) is 0. The predicted molar refractivity (Wildman–Crippen MR) is 216 cm³/mol. The lowest BCUT2D eigenvalue weighted by Crippen LogP contribution is -1.97. The quantitative estimate of drug-likeness (QED) is 0.166. The Hall–Kier alpha value is -6.97. The second-order valence-corrected chi connectivity index (χ2v) is 13.2. The number of benzene rings is 8. The second-order valence-electron chi connectivity index (χ2n) is 13.2. The van der Waals surface area contributed by atoms with Gasteiger partial charge in [0.15, 0.2) is 5.82 Å². The van der Waals surface area contributed by atoms with Gasteiger partial charge in [0, 0.05) is 34.6 Å². The summed E-state index contributed by atoms with van der Waals surface area (Å²) in [5, 5.41) is 7.75. The minimum Gasteiger partial charge on any atom is -0.264 e. The van der Waals surface area contributed by atoms with E-state index in [1.165, 1.54) is 43.4 Å². The molecule has 0 N–H and O–H groups in total. The van der Waals surface area contributed by atoms with E-state index in [0.29, 0.717) is 5.82 Å². The first-order valence-corrected chi connectivity index (χ1v) is 17.6. The predicted octanol–water partition coefficient (Wildman–Crippen LogP) is 12.8. The molecule has 0 unspecified atom stereocenters. The van der Waals surface area contributed by atoms with Gasteiger partial charge < -0.3 is 0 Å². The minimum atomic E-state index is 0.683. The van der Waals surface area contributed by atoms with E-state index >= 15 is 0 Å². The smallest absolute Gasteiger partial charge is 0.160 e. The Balaban J connectivity index is 1.11. The molecule has 52 heavy (non-hydrogen) atoms. The van der Waals surface area contributed by atoms with Gasteiger partial charge in [0.05, 0.1) is 11.4 Å². The van der Waals surface area contributed by atoms with Crippen LogP contribution in [0.1, 0.15) is 0 Å². The Kier molecular flexibility index (Phi) is 7.14. The SMILES string of the molecule is c1ccc(-c2cccc(-c3nc(-c4ccc(-c5ccc6ccc7cccc8ccc5c6c78)cc4)cc(-c4ccccc4-c4cccnc4)n3)c2)cc1. The number of hydrogen-bond acceptors (Lipinski definition) is 3. The molecule has 0 spiro atoms. The molecule has 0 aliphatic carbocycles. The van der Waals surface area contributed by atoms with Crippen LogP contribution in [0, 0.1) is 0 Å². The Labute approximate surface area is 301 Å². The van der Waals surface area contributed by atoms with Crippen LogP contribution in [-0.4, -0.2) is 15.0 Å². The van der Waals surface area contributed by atoms with E-state index in [1.807, 2.05) is 18.3 Å². The van der Waals surface area contributed by atoms with Crippen LogP contribution in [0.3, 0.4) is 0 Å². The van der Waals surface area contributed by atoms with Crippen LogP contribution in [0.15, 0.2) is 188 Å². The monoisotopic (exact) mass is 661 g/mol. The van der Waals surface area contributed by atoms with Crippen molar-refractivity contribution < 1.29 is 0 Å². The van der Waals surface area contributed by atoms with Crippen molar-refractivity contribution in [1.82, 2.24) is 15.0 Å². The Bertz CT molecular complexity index is 2860. The normalized spacial score (nSPS) is 11.5. The molecule has 0 fully saturated rings. The van der Waals surface area contributed by atoms with Gasteiger partial charge in [-0.05, 0) is 78.3 Å². The van der Waals surface area contributed by atoms with Crippen molar-refractivity contribution in [1.29, 1.82) is 0 Å². The molecule has 0 saturated carbocycles. The molecule has 242 valence electrons. The third kappa shape index (κ3) is 5.19. The largest absolute Gasteiger partial charge is 0.264 e. The van der Waals surface area contributed by atoms with Crippen LogP contribution in [0.5, 0.6) is 0 Å². The number of pyridine rings is 1. The Morgan fingerprint density at radius 1 is 0.327 bits per heavy atom. The molecular weight excluding hydrogens is 631 g/mol. The fourth-order valence-corrected chi connectivity index (χ4v) is 7.62. The van der Waals surface area contributed by atoms with E-state index in [-0.39, 0.29) is 0 Å². The summed E-state index contributed by atoms with van der Waals surface area (Å²) in [5.41, 5.74) is 11.6. The topological polar surface area (TPSA) is 38.7 Å². The molecular formula is C49H31N3. The van der Waals surface area contributed by atoms with Crippen LogP contribution in [-0.2, 0) is 0 Å². The first-order chi connectivity index (χ1) is 25.8. The number of nitrogens with zero attached hydrogens (tertiary/aromatic N) is 3. The van der Waals surface area contributed by atoms with Crippen LogP contribution >= 0.6 is 0 Å². The summed E-state index contributed by atoms with van der Waals surface area (Å²) >= 11 is 0. The van der Waals surface area contributed by atoms with Gasteiger partial charge in [0.25, 0.3) is 0 Å². The number of aromatic nitrogens is 3. The zero-order valence-electron chi connectivity index (χ0n) is 28.2. The summed E-state index contributed by atoms with van der Waals surface area (Å²) < 4.78 is 0. The molecule has 3 nitrogen and oxygen atoms in total. The van der Waals surface area contributed by atoms with Crippen LogP contribution in [0.25, 0.3) is 99.6 Å². The van der Waals surface area contributed by atoms with Crippen LogP contribution in [0.4, 0.5) is 0 Å². The lowest BCUT2D eigenvalue weighted by molar-refractivity contribution is 1.18. The third-order valence-electron chi connectivity index (χ3n) is 10.1. The van der Waals surface area contributed by atoms with E-state index in [9.17, 15) is 0 Å². The second kappa shape index (κ2) is 12.4. The highest BCUT2D eigenvalue weighted by Crippen LogP contribution is 2.40. The van der Waals surface area contributed by atoms with E-state index in [1.54, 1.807) is 6.20 Å². The third-order valence-corrected chi connectivity index (χ3v) is 10.1. The molecule has 0 amide bonds. The van der Waals surface area contributed by atoms with Crippen LogP contribution in [0.2, 0.25) is 0 Å². The fraction of sp³-hybridized carbons (Fsp3) is 0. The molecule has 10 aromatic rings. The summed E-state index contributed by atoms with van der Waals surface area (Å²) in [5.74, 6) is 0.683. The molecule has 0 aliphatic heterocycles. The van der Waals surface area contributed by atoms with Crippen molar-refractivity contribution in [3.05, 3.63) is 188 Å². The molecule has 0 bridgehead atoms. The molecule has 0 aliphatic rings. The van der Waals surface area contributed by atoms with Crippen molar-refractivity contribution in [2.45, 2.75) is 0 Å². The summed E-state index contributed by atoms with van der Waals surface area (Å²) in [6.45, 7) is 0. The van der Waals surface area contributed by atoms with Gasteiger partial charge >= 0.3 is 0 Å². The highest BCUT2D eigenvalue weighted by atomic mass is 14.9. The zero-order valence-corrected chi connectivity index (χ0v) is 28.2. The Morgan fingerprint density at radius 3 is 1.77 bits per heavy atom. The Morgan fingerprint density at radius 2 is 0.962 bits per heavy atom. The van der Waals surface area contributed by atoms with Gasteiger partial charge in [-0.1, -0.05) is 158 Å². The molecule has 2 aromatic heterocycles. The van der Waals surface area contributed by atoms with Crippen molar-refractivity contribution in [3.63, 3.8) is 0 Å². The molecule has 8 aromatic carbocycles. The van der Waals surface area contributed by atoms with Gasteiger partial charge in [0.2, 0.25) is 0 Å². The molecule has 0 saturated heterocycles. The maximum absolute atomic E-state index is 5.23. The molecule has 3 heteroatoms. The van der Waals surface area contributed by atoms with Crippen molar-refractivity contribution >= 4 is 32.3 Å². The molecule has 2 heterocycles. The first kappa shape index (κ1) is 29.9. The van der Waals surface area contributed by atoms with Gasteiger partial charge in [0.1, 0.15) is 0 Å². The average Bonchev–Trinajstić information content (AvgIpc) is 3.23. The maximum Gasteiger partial charge on any atom is 0.160 e. The van der Waals surface area contributed by atoms with Gasteiger partial charge in [-0.3, -0.25) is 4.98 Å². The van der Waals surface area contributed by atoms with E-state index in [0.717, 1.165) is 50.3 Å². The van der Waals surface area contributed by atoms with Crippen molar-refractivity contribution in [2.75, 3.05) is 0 Å². The maximum atomic E-state index is 5.23. The summed E-state index contributed by atoms with van der Waals surface area (Å²) in [4.78, 5) is 14.9. The highest BCUT2D eigenvalue weighted by Gasteiger charge is 2.16. The highest BCUT2D eigenvalue weighted by molar-refractivity contribution is 6.25. The summed E-state index contributed by atoms with van der Waals surface area (Å²) in [7, 11) is 0. The van der Waals surface area contributed by atoms with Crippen LogP contribution < -0.4 is 0 Å². The lowest BCUT2D eigenvalue weighted by Gasteiger charge is -2.15. The lowest BCUT2D eigenvalue weighted by atomic mass is 9.89. The van der Waals surface area contributed by atoms with E-state index in [4.69, 9.17) is 9.97 Å². The molecule has 0 radical (unpaired) electrons. The van der Waals surface area contributed by atoms with Crippen molar-refractivity contribution in [2.24, 2.45) is 0 Å².